The van der Waals surface area contributed by atoms with E-state index < -0.39 is 0 Å². The maximum atomic E-state index is 2.41. The van der Waals surface area contributed by atoms with Crippen molar-refractivity contribution in [2.45, 2.75) is 45.4 Å². The van der Waals surface area contributed by atoms with Gasteiger partial charge in [0.05, 0.1) is 0 Å². The van der Waals surface area contributed by atoms with Crippen LogP contribution in [0.25, 0.3) is 10.8 Å². The summed E-state index contributed by atoms with van der Waals surface area (Å²) in [5.41, 5.74) is 2.13. The molecule has 0 aliphatic heterocycles. The number of rotatable bonds is 1. The Morgan fingerprint density at radius 3 is 2.33 bits per heavy atom. The monoisotopic (exact) mass is 238 g/mol. The Morgan fingerprint density at radius 1 is 0.889 bits per heavy atom. The molecule has 2 aromatic carbocycles. The van der Waals surface area contributed by atoms with Gasteiger partial charge in [0.15, 0.2) is 0 Å². The second-order valence-electron chi connectivity index (χ2n) is 6.51. The molecule has 2 aromatic rings. The Labute approximate surface area is 110 Å². The molecule has 0 aromatic heterocycles. The summed E-state index contributed by atoms with van der Waals surface area (Å²) >= 11 is 0. The average Bonchev–Trinajstić information content (AvgIpc) is 2.38. The lowest BCUT2D eigenvalue weighted by Crippen LogP contribution is -2.20. The number of benzene rings is 2. The summed E-state index contributed by atoms with van der Waals surface area (Å²) in [6.45, 7) is 4.82. The molecule has 0 nitrogen and oxygen atoms in total. The summed E-state index contributed by atoms with van der Waals surface area (Å²) in [7, 11) is 0. The lowest BCUT2D eigenvalue weighted by Gasteiger charge is -2.35. The first kappa shape index (κ1) is 11.8. The summed E-state index contributed by atoms with van der Waals surface area (Å²) in [6, 6.07) is 15.6. The summed E-state index contributed by atoms with van der Waals surface area (Å²) in [6.07, 6.45) is 5.42. The third kappa shape index (κ3) is 2.16. The van der Waals surface area contributed by atoms with E-state index in [1.165, 1.54) is 36.5 Å². The van der Waals surface area contributed by atoms with Gasteiger partial charge < -0.3 is 0 Å². The van der Waals surface area contributed by atoms with Crippen LogP contribution < -0.4 is 0 Å². The van der Waals surface area contributed by atoms with Gasteiger partial charge >= 0.3 is 0 Å². The summed E-state index contributed by atoms with van der Waals surface area (Å²) in [5.74, 6) is 0.768. The van der Waals surface area contributed by atoms with Gasteiger partial charge in [-0.3, -0.25) is 0 Å². The van der Waals surface area contributed by atoms with E-state index >= 15 is 0 Å². The van der Waals surface area contributed by atoms with Crippen LogP contribution >= 0.6 is 0 Å². The Balaban J connectivity index is 1.96. The standard InChI is InChI=1S/C18H22/c1-18(2)12-10-15(11-13-18)17-9-5-7-14-6-3-4-8-16(14)17/h3-9,15H,10-13H2,1-2H3. The fourth-order valence-corrected chi connectivity index (χ4v) is 3.32. The first-order chi connectivity index (χ1) is 8.66. The minimum Gasteiger partial charge on any atom is -0.0616 e. The SMILES string of the molecule is CC1(C)CCC(c2cccc3ccccc23)CC1. The van der Waals surface area contributed by atoms with Crippen LogP contribution in [-0.4, -0.2) is 0 Å². The molecule has 3 rings (SSSR count). The quantitative estimate of drug-likeness (QED) is 0.613. The van der Waals surface area contributed by atoms with Crippen LogP contribution in [0.3, 0.4) is 0 Å². The van der Waals surface area contributed by atoms with Gasteiger partial charge in [0.2, 0.25) is 0 Å². The minimum atomic E-state index is 0.557. The fraction of sp³-hybridized carbons (Fsp3) is 0.444. The van der Waals surface area contributed by atoms with Gasteiger partial charge in [-0.25, -0.2) is 0 Å². The van der Waals surface area contributed by atoms with Crippen LogP contribution in [0.15, 0.2) is 42.5 Å². The molecule has 0 N–H and O–H groups in total. The van der Waals surface area contributed by atoms with Crippen LogP contribution in [0.5, 0.6) is 0 Å². The Kier molecular flexibility index (Phi) is 2.89. The molecule has 1 fully saturated rings. The van der Waals surface area contributed by atoms with Crippen molar-refractivity contribution in [1.29, 1.82) is 0 Å². The van der Waals surface area contributed by atoms with E-state index in [2.05, 4.69) is 56.3 Å². The van der Waals surface area contributed by atoms with Crippen molar-refractivity contribution >= 4 is 10.8 Å². The minimum absolute atomic E-state index is 0.557. The third-order valence-electron chi connectivity index (χ3n) is 4.60. The van der Waals surface area contributed by atoms with E-state index in [0.29, 0.717) is 5.41 Å². The normalized spacial score (nSPS) is 20.1. The zero-order valence-corrected chi connectivity index (χ0v) is 11.4. The topological polar surface area (TPSA) is 0 Å². The van der Waals surface area contributed by atoms with Gasteiger partial charge in [0, 0.05) is 0 Å². The largest absolute Gasteiger partial charge is 0.0616 e. The van der Waals surface area contributed by atoms with Gasteiger partial charge in [0.25, 0.3) is 0 Å². The average molecular weight is 238 g/mol. The Bertz CT molecular complexity index is 535. The molecule has 0 unspecified atom stereocenters. The Hall–Kier alpha value is -1.30. The predicted octanol–water partition coefficient (Wildman–Crippen LogP) is 5.52. The third-order valence-corrected chi connectivity index (χ3v) is 4.60. The van der Waals surface area contributed by atoms with Gasteiger partial charge in [-0.1, -0.05) is 56.3 Å². The molecule has 0 amide bonds. The number of fused-ring (bicyclic) bond motifs is 1. The highest BCUT2D eigenvalue weighted by molar-refractivity contribution is 5.86. The van der Waals surface area contributed by atoms with Crippen molar-refractivity contribution in [2.24, 2.45) is 5.41 Å². The fourth-order valence-electron chi connectivity index (χ4n) is 3.32. The molecule has 1 aliphatic rings. The summed E-state index contributed by atoms with van der Waals surface area (Å²) in [4.78, 5) is 0. The molecule has 1 saturated carbocycles. The molecule has 94 valence electrons. The summed E-state index contributed by atoms with van der Waals surface area (Å²) in [5, 5.41) is 2.85. The van der Waals surface area contributed by atoms with Gasteiger partial charge in [-0.15, -0.1) is 0 Å². The maximum Gasteiger partial charge on any atom is -0.0149 e. The van der Waals surface area contributed by atoms with E-state index in [1.807, 2.05) is 0 Å². The number of hydrogen-bond acceptors (Lipinski definition) is 0. The Morgan fingerprint density at radius 2 is 1.56 bits per heavy atom. The molecule has 0 radical (unpaired) electrons. The molecule has 18 heavy (non-hydrogen) atoms. The van der Waals surface area contributed by atoms with Crippen molar-refractivity contribution in [3.05, 3.63) is 48.0 Å². The zero-order valence-electron chi connectivity index (χ0n) is 11.4. The molecule has 0 heterocycles. The van der Waals surface area contributed by atoms with Crippen LogP contribution in [0.2, 0.25) is 0 Å². The lowest BCUT2D eigenvalue weighted by molar-refractivity contribution is 0.225. The van der Waals surface area contributed by atoms with Crippen LogP contribution in [0.4, 0.5) is 0 Å². The highest BCUT2D eigenvalue weighted by atomic mass is 14.3. The first-order valence-electron chi connectivity index (χ1n) is 7.13. The van der Waals surface area contributed by atoms with Crippen LogP contribution in [-0.2, 0) is 0 Å². The highest BCUT2D eigenvalue weighted by Gasteiger charge is 2.28. The predicted molar refractivity (Wildman–Crippen MR) is 78.9 cm³/mol. The molecule has 0 heteroatoms. The second kappa shape index (κ2) is 4.42. The molecular formula is C18H22. The molecule has 1 aliphatic carbocycles. The van der Waals surface area contributed by atoms with Crippen molar-refractivity contribution in [1.82, 2.24) is 0 Å². The van der Waals surface area contributed by atoms with E-state index in [-0.39, 0.29) is 0 Å². The van der Waals surface area contributed by atoms with Crippen molar-refractivity contribution < 1.29 is 0 Å². The lowest BCUT2D eigenvalue weighted by atomic mass is 9.71. The van der Waals surface area contributed by atoms with E-state index in [1.54, 1.807) is 5.56 Å². The highest BCUT2D eigenvalue weighted by Crippen LogP contribution is 2.43. The van der Waals surface area contributed by atoms with Crippen molar-refractivity contribution in [3.63, 3.8) is 0 Å². The molecule has 0 atom stereocenters. The molecular weight excluding hydrogens is 216 g/mol. The van der Waals surface area contributed by atoms with E-state index in [9.17, 15) is 0 Å². The smallest absolute Gasteiger partial charge is 0.0149 e. The van der Waals surface area contributed by atoms with Crippen LogP contribution in [0, 0.1) is 5.41 Å². The zero-order chi connectivity index (χ0) is 12.6. The first-order valence-corrected chi connectivity index (χ1v) is 7.13. The van der Waals surface area contributed by atoms with Crippen molar-refractivity contribution in [2.75, 3.05) is 0 Å². The van der Waals surface area contributed by atoms with Crippen LogP contribution in [0.1, 0.15) is 51.0 Å². The number of hydrogen-bond donors (Lipinski definition) is 0. The van der Waals surface area contributed by atoms with Gasteiger partial charge in [-0.2, -0.15) is 0 Å². The molecule has 0 spiro atoms. The molecule has 0 bridgehead atoms. The van der Waals surface area contributed by atoms with Gasteiger partial charge in [-0.05, 0) is 53.4 Å². The summed E-state index contributed by atoms with van der Waals surface area (Å²) < 4.78 is 0. The second-order valence-corrected chi connectivity index (χ2v) is 6.51. The molecule has 0 saturated heterocycles. The van der Waals surface area contributed by atoms with E-state index in [4.69, 9.17) is 0 Å². The van der Waals surface area contributed by atoms with E-state index in [0.717, 1.165) is 5.92 Å². The maximum absolute atomic E-state index is 2.41. The van der Waals surface area contributed by atoms with Gasteiger partial charge in [0.1, 0.15) is 0 Å². The van der Waals surface area contributed by atoms with Crippen molar-refractivity contribution in [3.8, 4) is 0 Å².